The van der Waals surface area contributed by atoms with Crippen LogP contribution >= 0.6 is 0 Å². The van der Waals surface area contributed by atoms with E-state index in [2.05, 4.69) is 29.2 Å². The quantitative estimate of drug-likeness (QED) is 0.748. The smallest absolute Gasteiger partial charge is 0.152 e. The molecule has 2 heteroatoms. The van der Waals surface area contributed by atoms with Crippen molar-refractivity contribution >= 4 is 12.0 Å². The number of fused-ring (bicyclic) bond motifs is 1. The van der Waals surface area contributed by atoms with E-state index in [0.717, 1.165) is 37.0 Å². The number of anilines is 1. The van der Waals surface area contributed by atoms with Crippen LogP contribution in [-0.4, -0.2) is 12.8 Å². The zero-order chi connectivity index (χ0) is 12.4. The third kappa shape index (κ3) is 1.90. The third-order valence-electron chi connectivity index (χ3n) is 3.54. The van der Waals surface area contributed by atoms with Crippen LogP contribution in [-0.2, 0) is 13.0 Å². The Labute approximate surface area is 107 Å². The van der Waals surface area contributed by atoms with E-state index in [-0.39, 0.29) is 0 Å². The second-order valence-electron chi connectivity index (χ2n) is 4.62. The van der Waals surface area contributed by atoms with Gasteiger partial charge in [-0.15, -0.1) is 0 Å². The molecule has 0 aromatic heterocycles. The molecule has 1 aliphatic rings. The normalized spacial score (nSPS) is 14.1. The summed E-state index contributed by atoms with van der Waals surface area (Å²) in [5.41, 5.74) is 4.61. The fourth-order valence-corrected chi connectivity index (χ4v) is 2.58. The maximum atomic E-state index is 11.1. The lowest BCUT2D eigenvalue weighted by molar-refractivity contribution is 0.112. The van der Waals surface area contributed by atoms with Gasteiger partial charge in [0.15, 0.2) is 6.29 Å². The summed E-state index contributed by atoms with van der Waals surface area (Å²) in [4.78, 5) is 13.4. The molecule has 2 aromatic carbocycles. The van der Waals surface area contributed by atoms with Crippen LogP contribution in [0.2, 0.25) is 0 Å². The van der Waals surface area contributed by atoms with Crippen molar-refractivity contribution in [2.75, 3.05) is 11.4 Å². The first-order valence-corrected chi connectivity index (χ1v) is 6.24. The van der Waals surface area contributed by atoms with E-state index in [9.17, 15) is 4.79 Å². The molecule has 0 bridgehead atoms. The highest BCUT2D eigenvalue weighted by atomic mass is 16.1. The van der Waals surface area contributed by atoms with Crippen molar-refractivity contribution in [2.24, 2.45) is 0 Å². The molecular formula is C16H15NO. The highest BCUT2D eigenvalue weighted by Crippen LogP contribution is 2.26. The highest BCUT2D eigenvalue weighted by Gasteiger charge is 2.17. The van der Waals surface area contributed by atoms with Crippen molar-refractivity contribution in [3.8, 4) is 0 Å². The fraction of sp³-hybridized carbons (Fsp3) is 0.188. The van der Waals surface area contributed by atoms with E-state index < -0.39 is 0 Å². The van der Waals surface area contributed by atoms with Gasteiger partial charge in [0.05, 0.1) is 0 Å². The first-order chi connectivity index (χ1) is 8.88. The standard InChI is InChI=1S/C16H15NO/c18-12-15-7-3-4-8-16(15)17-10-9-13-5-1-2-6-14(13)11-17/h1-8,12H,9-11H2. The first-order valence-electron chi connectivity index (χ1n) is 6.24. The number of carbonyl (C=O) groups is 1. The van der Waals surface area contributed by atoms with Crippen LogP contribution in [0.4, 0.5) is 5.69 Å². The van der Waals surface area contributed by atoms with Crippen LogP contribution in [0, 0.1) is 0 Å². The number of benzene rings is 2. The summed E-state index contributed by atoms with van der Waals surface area (Å²) in [6.07, 6.45) is 1.99. The van der Waals surface area contributed by atoms with Gasteiger partial charge in [-0.3, -0.25) is 4.79 Å². The molecule has 0 fully saturated rings. The van der Waals surface area contributed by atoms with Gasteiger partial charge in [-0.25, -0.2) is 0 Å². The van der Waals surface area contributed by atoms with E-state index in [0.29, 0.717) is 0 Å². The van der Waals surface area contributed by atoms with Crippen LogP contribution in [0.5, 0.6) is 0 Å². The summed E-state index contributed by atoms with van der Waals surface area (Å²) in [7, 11) is 0. The summed E-state index contributed by atoms with van der Waals surface area (Å²) < 4.78 is 0. The molecule has 2 aromatic rings. The summed E-state index contributed by atoms with van der Waals surface area (Å²) in [6, 6.07) is 16.3. The van der Waals surface area contributed by atoms with Gasteiger partial charge in [0.2, 0.25) is 0 Å². The SMILES string of the molecule is O=Cc1ccccc1N1CCc2ccccc2C1. The molecule has 0 atom stereocenters. The summed E-state index contributed by atoms with van der Waals surface area (Å²) >= 11 is 0. The van der Waals surface area contributed by atoms with Crippen LogP contribution in [0.3, 0.4) is 0 Å². The molecule has 0 N–H and O–H groups in total. The molecule has 0 saturated heterocycles. The van der Waals surface area contributed by atoms with E-state index in [1.807, 2.05) is 24.3 Å². The number of rotatable bonds is 2. The Morgan fingerprint density at radius 1 is 0.944 bits per heavy atom. The Morgan fingerprint density at radius 3 is 2.50 bits per heavy atom. The van der Waals surface area contributed by atoms with Crippen LogP contribution in [0.25, 0.3) is 0 Å². The zero-order valence-corrected chi connectivity index (χ0v) is 10.2. The van der Waals surface area contributed by atoms with Crippen LogP contribution < -0.4 is 4.90 Å². The van der Waals surface area contributed by atoms with Crippen molar-refractivity contribution in [3.05, 3.63) is 65.2 Å². The van der Waals surface area contributed by atoms with Crippen molar-refractivity contribution < 1.29 is 4.79 Å². The van der Waals surface area contributed by atoms with Gasteiger partial charge in [-0.1, -0.05) is 36.4 Å². The maximum absolute atomic E-state index is 11.1. The predicted octanol–water partition coefficient (Wildman–Crippen LogP) is 3.06. The van der Waals surface area contributed by atoms with Crippen molar-refractivity contribution in [3.63, 3.8) is 0 Å². The summed E-state index contributed by atoms with van der Waals surface area (Å²) in [5.74, 6) is 0. The minimum Gasteiger partial charge on any atom is -0.366 e. The molecule has 2 nitrogen and oxygen atoms in total. The van der Waals surface area contributed by atoms with Crippen molar-refractivity contribution in [1.82, 2.24) is 0 Å². The monoisotopic (exact) mass is 237 g/mol. The second-order valence-corrected chi connectivity index (χ2v) is 4.62. The van der Waals surface area contributed by atoms with Gasteiger partial charge >= 0.3 is 0 Å². The second kappa shape index (κ2) is 4.65. The van der Waals surface area contributed by atoms with Gasteiger partial charge in [0.1, 0.15) is 0 Å². The lowest BCUT2D eigenvalue weighted by atomic mass is 9.99. The number of hydrogen-bond donors (Lipinski definition) is 0. The molecule has 18 heavy (non-hydrogen) atoms. The molecule has 1 aliphatic heterocycles. The third-order valence-corrected chi connectivity index (χ3v) is 3.54. The van der Waals surface area contributed by atoms with Crippen molar-refractivity contribution in [2.45, 2.75) is 13.0 Å². The molecular weight excluding hydrogens is 222 g/mol. The van der Waals surface area contributed by atoms with Gasteiger partial charge < -0.3 is 4.90 Å². The van der Waals surface area contributed by atoms with E-state index in [1.165, 1.54) is 11.1 Å². The van der Waals surface area contributed by atoms with Gasteiger partial charge in [0.25, 0.3) is 0 Å². The molecule has 90 valence electrons. The Bertz CT molecular complexity index is 577. The Kier molecular flexibility index (Phi) is 2.85. The van der Waals surface area contributed by atoms with E-state index in [4.69, 9.17) is 0 Å². The van der Waals surface area contributed by atoms with Gasteiger partial charge in [0, 0.05) is 24.3 Å². The van der Waals surface area contributed by atoms with E-state index in [1.54, 1.807) is 0 Å². The Hall–Kier alpha value is -2.09. The predicted molar refractivity (Wildman–Crippen MR) is 73.0 cm³/mol. The lowest BCUT2D eigenvalue weighted by Gasteiger charge is -2.31. The van der Waals surface area contributed by atoms with Gasteiger partial charge in [-0.05, 0) is 29.7 Å². The van der Waals surface area contributed by atoms with Crippen molar-refractivity contribution in [1.29, 1.82) is 0 Å². The molecule has 1 heterocycles. The molecule has 0 unspecified atom stereocenters. The molecule has 0 radical (unpaired) electrons. The molecule has 3 rings (SSSR count). The highest BCUT2D eigenvalue weighted by molar-refractivity contribution is 5.84. The number of hydrogen-bond acceptors (Lipinski definition) is 2. The molecule has 0 aliphatic carbocycles. The molecule has 0 spiro atoms. The molecule has 0 saturated carbocycles. The number of para-hydroxylation sites is 1. The van der Waals surface area contributed by atoms with Gasteiger partial charge in [-0.2, -0.15) is 0 Å². The first kappa shape index (κ1) is 11.0. The van der Waals surface area contributed by atoms with E-state index >= 15 is 0 Å². The largest absolute Gasteiger partial charge is 0.366 e. The Balaban J connectivity index is 1.94. The number of nitrogens with zero attached hydrogens (tertiary/aromatic N) is 1. The molecule has 0 amide bonds. The van der Waals surface area contributed by atoms with Crippen LogP contribution in [0.1, 0.15) is 21.5 Å². The number of carbonyl (C=O) groups excluding carboxylic acids is 1. The maximum Gasteiger partial charge on any atom is 0.152 e. The zero-order valence-electron chi connectivity index (χ0n) is 10.2. The summed E-state index contributed by atoms with van der Waals surface area (Å²) in [5, 5.41) is 0. The Morgan fingerprint density at radius 2 is 1.67 bits per heavy atom. The minimum atomic E-state index is 0.775. The fourth-order valence-electron chi connectivity index (χ4n) is 2.58. The topological polar surface area (TPSA) is 20.3 Å². The number of aldehydes is 1. The average molecular weight is 237 g/mol. The summed E-state index contributed by atoms with van der Waals surface area (Å²) in [6.45, 7) is 1.86. The minimum absolute atomic E-state index is 0.775. The average Bonchev–Trinajstić information content (AvgIpc) is 2.46. The lowest BCUT2D eigenvalue weighted by Crippen LogP contribution is -2.30. The van der Waals surface area contributed by atoms with Crippen LogP contribution in [0.15, 0.2) is 48.5 Å².